The van der Waals surface area contributed by atoms with Gasteiger partial charge >= 0.3 is 0 Å². The van der Waals surface area contributed by atoms with Crippen LogP contribution in [0.25, 0.3) is 11.3 Å². The average molecular weight is 258 g/mol. The van der Waals surface area contributed by atoms with E-state index in [0.29, 0.717) is 18.9 Å². The molecule has 0 radical (unpaired) electrons. The summed E-state index contributed by atoms with van der Waals surface area (Å²) >= 11 is 0. The fourth-order valence-electron chi connectivity index (χ4n) is 2.03. The van der Waals surface area contributed by atoms with Crippen molar-refractivity contribution in [1.29, 1.82) is 0 Å². The summed E-state index contributed by atoms with van der Waals surface area (Å²) in [5.41, 5.74) is 9.26. The Kier molecular flexibility index (Phi) is 3.76. The highest BCUT2D eigenvalue weighted by molar-refractivity contribution is 5.62. The van der Waals surface area contributed by atoms with Crippen LogP contribution in [0.15, 0.2) is 28.8 Å². The van der Waals surface area contributed by atoms with Gasteiger partial charge < -0.3 is 10.2 Å². The summed E-state index contributed by atoms with van der Waals surface area (Å²) in [6, 6.07) is 6.51. The molecule has 0 fully saturated rings. The van der Waals surface area contributed by atoms with Crippen molar-refractivity contribution in [2.75, 3.05) is 6.54 Å². The summed E-state index contributed by atoms with van der Waals surface area (Å²) in [6.45, 7) is 9.28. The van der Waals surface area contributed by atoms with Gasteiger partial charge in [-0.25, -0.2) is 4.98 Å². The van der Waals surface area contributed by atoms with E-state index in [9.17, 15) is 0 Å². The first-order chi connectivity index (χ1) is 8.91. The third kappa shape index (κ3) is 3.04. The second-order valence-corrected chi connectivity index (χ2v) is 5.94. The van der Waals surface area contributed by atoms with Crippen LogP contribution >= 0.6 is 0 Å². The first-order valence-corrected chi connectivity index (χ1v) is 6.68. The number of nitrogens with zero attached hydrogens (tertiary/aromatic N) is 1. The van der Waals surface area contributed by atoms with Gasteiger partial charge in [0, 0.05) is 18.5 Å². The molecule has 0 aliphatic carbocycles. The van der Waals surface area contributed by atoms with Crippen molar-refractivity contribution >= 4 is 0 Å². The quantitative estimate of drug-likeness (QED) is 0.917. The van der Waals surface area contributed by atoms with Crippen molar-refractivity contribution in [3.8, 4) is 11.3 Å². The van der Waals surface area contributed by atoms with Crippen molar-refractivity contribution in [3.63, 3.8) is 0 Å². The maximum absolute atomic E-state index is 5.77. The molecule has 2 aromatic rings. The number of hydrogen-bond donors (Lipinski definition) is 1. The standard InChI is InChI=1S/C16H22N2O/c1-11-5-6-12(16(2,3)4)9-13(11)14-10-18-15(19-14)7-8-17/h5-6,9-10H,7-8,17H2,1-4H3. The Morgan fingerprint density at radius 2 is 2.00 bits per heavy atom. The van der Waals surface area contributed by atoms with Gasteiger partial charge in [0.2, 0.25) is 0 Å². The van der Waals surface area contributed by atoms with E-state index in [4.69, 9.17) is 10.2 Å². The van der Waals surface area contributed by atoms with E-state index in [1.54, 1.807) is 6.20 Å². The number of hydrogen-bond acceptors (Lipinski definition) is 3. The van der Waals surface area contributed by atoms with Gasteiger partial charge in [0.25, 0.3) is 0 Å². The maximum Gasteiger partial charge on any atom is 0.196 e. The second-order valence-electron chi connectivity index (χ2n) is 5.94. The molecular weight excluding hydrogens is 236 g/mol. The van der Waals surface area contributed by atoms with Crippen LogP contribution < -0.4 is 5.73 Å². The Balaban J connectivity index is 2.42. The molecule has 0 atom stereocenters. The summed E-state index contributed by atoms with van der Waals surface area (Å²) in [7, 11) is 0. The van der Waals surface area contributed by atoms with Crippen LogP contribution in [0.2, 0.25) is 0 Å². The number of rotatable bonds is 3. The number of aryl methyl sites for hydroxylation is 1. The highest BCUT2D eigenvalue weighted by Gasteiger charge is 2.16. The predicted octanol–water partition coefficient (Wildman–Crippen LogP) is 3.45. The minimum atomic E-state index is 0.128. The molecule has 0 amide bonds. The molecule has 0 saturated carbocycles. The van der Waals surface area contributed by atoms with Gasteiger partial charge in [-0.05, 0) is 29.5 Å². The number of oxazole rings is 1. The lowest BCUT2D eigenvalue weighted by Crippen LogP contribution is -2.11. The van der Waals surface area contributed by atoms with Crippen LogP contribution in [0, 0.1) is 6.92 Å². The molecule has 19 heavy (non-hydrogen) atoms. The van der Waals surface area contributed by atoms with Crippen LogP contribution in [0.4, 0.5) is 0 Å². The molecule has 0 spiro atoms. The SMILES string of the molecule is Cc1ccc(C(C)(C)C)cc1-c1cnc(CCN)o1. The normalized spacial score (nSPS) is 11.8. The lowest BCUT2D eigenvalue weighted by atomic mass is 9.85. The van der Waals surface area contributed by atoms with E-state index in [0.717, 1.165) is 11.3 Å². The van der Waals surface area contributed by atoms with Gasteiger partial charge in [-0.15, -0.1) is 0 Å². The van der Waals surface area contributed by atoms with E-state index < -0.39 is 0 Å². The average Bonchev–Trinajstić information content (AvgIpc) is 2.77. The molecule has 0 saturated heterocycles. The molecule has 2 rings (SSSR count). The molecular formula is C16H22N2O. The van der Waals surface area contributed by atoms with Crippen molar-refractivity contribution in [2.45, 2.75) is 39.5 Å². The fourth-order valence-corrected chi connectivity index (χ4v) is 2.03. The van der Waals surface area contributed by atoms with Gasteiger partial charge in [0.15, 0.2) is 11.7 Å². The number of aromatic nitrogens is 1. The molecule has 3 heteroatoms. The lowest BCUT2D eigenvalue weighted by Gasteiger charge is -2.20. The van der Waals surface area contributed by atoms with Crippen molar-refractivity contribution in [3.05, 3.63) is 41.4 Å². The molecule has 0 unspecified atom stereocenters. The monoisotopic (exact) mass is 258 g/mol. The van der Waals surface area contributed by atoms with Gasteiger partial charge in [-0.3, -0.25) is 0 Å². The summed E-state index contributed by atoms with van der Waals surface area (Å²) in [5, 5.41) is 0. The van der Waals surface area contributed by atoms with Crippen LogP contribution in [-0.2, 0) is 11.8 Å². The van der Waals surface area contributed by atoms with Gasteiger partial charge in [0.05, 0.1) is 6.20 Å². The molecule has 0 bridgehead atoms. The highest BCUT2D eigenvalue weighted by atomic mass is 16.4. The summed E-state index contributed by atoms with van der Waals surface area (Å²) < 4.78 is 5.77. The van der Waals surface area contributed by atoms with E-state index in [1.807, 2.05) is 0 Å². The predicted molar refractivity (Wildman–Crippen MR) is 78.1 cm³/mol. The summed E-state index contributed by atoms with van der Waals surface area (Å²) in [5.74, 6) is 1.53. The number of benzene rings is 1. The largest absolute Gasteiger partial charge is 0.441 e. The van der Waals surface area contributed by atoms with Crippen molar-refractivity contribution in [1.82, 2.24) is 4.98 Å². The van der Waals surface area contributed by atoms with Crippen molar-refractivity contribution in [2.24, 2.45) is 5.73 Å². The Morgan fingerprint density at radius 1 is 1.26 bits per heavy atom. The van der Waals surface area contributed by atoms with Gasteiger partial charge in [0.1, 0.15) is 0 Å². The zero-order valence-electron chi connectivity index (χ0n) is 12.2. The summed E-state index contributed by atoms with van der Waals surface area (Å²) in [6.07, 6.45) is 2.47. The zero-order valence-corrected chi connectivity index (χ0v) is 12.2. The second kappa shape index (κ2) is 5.17. The lowest BCUT2D eigenvalue weighted by molar-refractivity contribution is 0.507. The Hall–Kier alpha value is -1.61. The molecule has 102 valence electrons. The van der Waals surface area contributed by atoms with E-state index in [2.05, 4.69) is 50.9 Å². The minimum Gasteiger partial charge on any atom is -0.441 e. The molecule has 0 aliphatic heterocycles. The Bertz CT molecular complexity index is 564. The van der Waals surface area contributed by atoms with Crippen molar-refractivity contribution < 1.29 is 4.42 Å². The molecule has 2 N–H and O–H groups in total. The molecule has 3 nitrogen and oxygen atoms in total. The minimum absolute atomic E-state index is 0.128. The van der Waals surface area contributed by atoms with Crippen LogP contribution in [0.5, 0.6) is 0 Å². The smallest absolute Gasteiger partial charge is 0.196 e. The van der Waals surface area contributed by atoms with Gasteiger partial charge in [-0.2, -0.15) is 0 Å². The van der Waals surface area contributed by atoms with Crippen LogP contribution in [-0.4, -0.2) is 11.5 Å². The number of nitrogens with two attached hydrogens (primary N) is 1. The first kappa shape index (κ1) is 13.8. The molecule has 1 aromatic carbocycles. The molecule has 1 heterocycles. The highest BCUT2D eigenvalue weighted by Crippen LogP contribution is 2.30. The molecule has 1 aromatic heterocycles. The first-order valence-electron chi connectivity index (χ1n) is 6.68. The van der Waals surface area contributed by atoms with E-state index in [1.165, 1.54) is 11.1 Å². The van der Waals surface area contributed by atoms with E-state index >= 15 is 0 Å². The van der Waals surface area contributed by atoms with Gasteiger partial charge in [-0.1, -0.05) is 32.9 Å². The molecule has 0 aliphatic rings. The third-order valence-electron chi connectivity index (χ3n) is 3.28. The Labute approximate surface area is 114 Å². The fraction of sp³-hybridized carbons (Fsp3) is 0.438. The third-order valence-corrected chi connectivity index (χ3v) is 3.28. The zero-order chi connectivity index (χ0) is 14.0. The summed E-state index contributed by atoms with van der Waals surface area (Å²) in [4.78, 5) is 4.27. The van der Waals surface area contributed by atoms with Crippen LogP contribution in [0.1, 0.15) is 37.8 Å². The Morgan fingerprint density at radius 3 is 2.63 bits per heavy atom. The van der Waals surface area contributed by atoms with E-state index in [-0.39, 0.29) is 5.41 Å². The maximum atomic E-state index is 5.77. The topological polar surface area (TPSA) is 52.0 Å². The van der Waals surface area contributed by atoms with Crippen LogP contribution in [0.3, 0.4) is 0 Å².